The summed E-state index contributed by atoms with van der Waals surface area (Å²) in [5.74, 6) is -0.929. The van der Waals surface area contributed by atoms with Crippen LogP contribution in [0.25, 0.3) is 11.0 Å². The van der Waals surface area contributed by atoms with E-state index in [-0.39, 0.29) is 5.56 Å². The van der Waals surface area contributed by atoms with E-state index in [1.807, 2.05) is 6.92 Å². The molecule has 0 amide bonds. The zero-order valence-corrected chi connectivity index (χ0v) is 8.34. The summed E-state index contributed by atoms with van der Waals surface area (Å²) in [5.41, 5.74) is 1.77. The number of benzene rings is 1. The number of carbonyl (C=O) groups is 1. The van der Waals surface area contributed by atoms with Crippen LogP contribution in [-0.4, -0.2) is 26.1 Å². The molecule has 78 valence electrons. The van der Waals surface area contributed by atoms with Crippen LogP contribution in [0.4, 0.5) is 0 Å². The van der Waals surface area contributed by atoms with Crippen molar-refractivity contribution in [3.63, 3.8) is 0 Å². The van der Waals surface area contributed by atoms with Gasteiger partial charge >= 0.3 is 5.97 Å². The summed E-state index contributed by atoms with van der Waals surface area (Å²) in [4.78, 5) is 10.8. The van der Waals surface area contributed by atoms with Crippen molar-refractivity contribution in [2.45, 2.75) is 19.9 Å². The van der Waals surface area contributed by atoms with Gasteiger partial charge in [0.2, 0.25) is 0 Å². The van der Waals surface area contributed by atoms with Crippen molar-refractivity contribution >= 4 is 17.0 Å². The molecule has 0 fully saturated rings. The molecular formula is C10H11N3O2. The molecule has 0 radical (unpaired) electrons. The van der Waals surface area contributed by atoms with E-state index in [0.717, 1.165) is 24.0 Å². The summed E-state index contributed by atoms with van der Waals surface area (Å²) < 4.78 is 1.72. The standard InChI is InChI=1S/C10H11N3O2/c1-2-5-13-9-6-7(10(14)15)3-4-8(9)11-12-13/h3-4,6H,2,5H2,1H3,(H,14,15). The van der Waals surface area contributed by atoms with Crippen LogP contribution >= 0.6 is 0 Å². The van der Waals surface area contributed by atoms with E-state index < -0.39 is 5.97 Å². The Morgan fingerprint density at radius 1 is 1.53 bits per heavy atom. The van der Waals surface area contributed by atoms with Crippen LogP contribution in [0.15, 0.2) is 18.2 Å². The third-order valence-electron chi connectivity index (χ3n) is 2.20. The Morgan fingerprint density at radius 2 is 2.33 bits per heavy atom. The van der Waals surface area contributed by atoms with Crippen LogP contribution in [0.1, 0.15) is 23.7 Å². The average Bonchev–Trinajstić information content (AvgIpc) is 2.61. The Hall–Kier alpha value is -1.91. The summed E-state index contributed by atoms with van der Waals surface area (Å²) in [6, 6.07) is 4.82. The first-order valence-corrected chi connectivity index (χ1v) is 4.79. The van der Waals surface area contributed by atoms with Gasteiger partial charge in [0, 0.05) is 6.54 Å². The van der Waals surface area contributed by atoms with Crippen molar-refractivity contribution in [1.29, 1.82) is 0 Å². The lowest BCUT2D eigenvalue weighted by molar-refractivity contribution is 0.0697. The highest BCUT2D eigenvalue weighted by atomic mass is 16.4. The molecule has 2 rings (SSSR count). The molecule has 1 N–H and O–H groups in total. The van der Waals surface area contributed by atoms with Gasteiger partial charge in [-0.1, -0.05) is 12.1 Å². The fraction of sp³-hybridized carbons (Fsp3) is 0.300. The summed E-state index contributed by atoms with van der Waals surface area (Å²) >= 11 is 0. The predicted octanol–water partition coefficient (Wildman–Crippen LogP) is 1.54. The van der Waals surface area contributed by atoms with E-state index in [0.29, 0.717) is 0 Å². The summed E-state index contributed by atoms with van der Waals surface area (Å²) in [6.07, 6.45) is 0.940. The second-order valence-electron chi connectivity index (χ2n) is 3.32. The first-order chi connectivity index (χ1) is 7.22. The maximum absolute atomic E-state index is 10.8. The Morgan fingerprint density at radius 3 is 3.00 bits per heavy atom. The maximum atomic E-state index is 10.8. The lowest BCUT2D eigenvalue weighted by Gasteiger charge is -1.99. The van der Waals surface area contributed by atoms with Crippen molar-refractivity contribution in [3.05, 3.63) is 23.8 Å². The molecule has 0 aliphatic heterocycles. The lowest BCUT2D eigenvalue weighted by Crippen LogP contribution is -2.00. The number of fused-ring (bicyclic) bond motifs is 1. The van der Waals surface area contributed by atoms with E-state index in [2.05, 4.69) is 10.3 Å². The third kappa shape index (κ3) is 1.68. The minimum absolute atomic E-state index is 0.266. The van der Waals surface area contributed by atoms with E-state index in [9.17, 15) is 4.79 Å². The third-order valence-corrected chi connectivity index (χ3v) is 2.20. The second-order valence-corrected chi connectivity index (χ2v) is 3.32. The van der Waals surface area contributed by atoms with Crippen LogP contribution in [0.2, 0.25) is 0 Å². The molecule has 1 heterocycles. The number of hydrogen-bond acceptors (Lipinski definition) is 3. The van der Waals surface area contributed by atoms with Crippen LogP contribution in [0, 0.1) is 0 Å². The number of hydrogen-bond donors (Lipinski definition) is 1. The Labute approximate surface area is 86.3 Å². The number of aromatic nitrogens is 3. The van der Waals surface area contributed by atoms with Crippen LogP contribution in [0.3, 0.4) is 0 Å². The van der Waals surface area contributed by atoms with Crippen molar-refractivity contribution in [2.24, 2.45) is 0 Å². The van der Waals surface area contributed by atoms with Gasteiger partial charge in [-0.15, -0.1) is 5.10 Å². The van der Waals surface area contributed by atoms with Gasteiger partial charge in [0.25, 0.3) is 0 Å². The average molecular weight is 205 g/mol. The molecule has 1 aromatic heterocycles. The highest BCUT2D eigenvalue weighted by Crippen LogP contribution is 2.13. The van der Waals surface area contributed by atoms with Crippen molar-refractivity contribution < 1.29 is 9.90 Å². The fourth-order valence-electron chi connectivity index (χ4n) is 1.48. The van der Waals surface area contributed by atoms with Crippen molar-refractivity contribution in [2.75, 3.05) is 0 Å². The molecule has 0 saturated heterocycles. The van der Waals surface area contributed by atoms with E-state index in [4.69, 9.17) is 5.11 Å². The van der Waals surface area contributed by atoms with Gasteiger partial charge in [-0.2, -0.15) is 0 Å². The largest absolute Gasteiger partial charge is 0.478 e. The normalized spacial score (nSPS) is 10.7. The molecule has 2 aromatic rings. The van der Waals surface area contributed by atoms with Gasteiger partial charge in [-0.05, 0) is 24.6 Å². The monoisotopic (exact) mass is 205 g/mol. The molecule has 0 bridgehead atoms. The molecule has 0 aliphatic carbocycles. The second kappa shape index (κ2) is 3.68. The Bertz CT molecular complexity index is 504. The predicted molar refractivity (Wildman–Crippen MR) is 54.8 cm³/mol. The van der Waals surface area contributed by atoms with Gasteiger partial charge in [-0.25, -0.2) is 9.48 Å². The molecule has 0 aliphatic rings. The van der Waals surface area contributed by atoms with Gasteiger partial charge in [0.1, 0.15) is 5.52 Å². The number of carboxylic acid groups (broad SMARTS) is 1. The molecule has 0 unspecified atom stereocenters. The van der Waals surface area contributed by atoms with Gasteiger partial charge in [0.05, 0.1) is 11.1 Å². The highest BCUT2D eigenvalue weighted by Gasteiger charge is 2.08. The van der Waals surface area contributed by atoms with Gasteiger partial charge in [0.15, 0.2) is 0 Å². The zero-order chi connectivity index (χ0) is 10.8. The number of nitrogens with zero attached hydrogens (tertiary/aromatic N) is 3. The first kappa shape index (κ1) is 9.64. The van der Waals surface area contributed by atoms with E-state index >= 15 is 0 Å². The Kier molecular flexibility index (Phi) is 2.37. The van der Waals surface area contributed by atoms with E-state index in [1.165, 1.54) is 6.07 Å². The number of carboxylic acids is 1. The smallest absolute Gasteiger partial charge is 0.335 e. The first-order valence-electron chi connectivity index (χ1n) is 4.79. The number of aryl methyl sites for hydroxylation is 1. The lowest BCUT2D eigenvalue weighted by atomic mass is 10.2. The molecule has 0 atom stereocenters. The molecular weight excluding hydrogens is 194 g/mol. The summed E-state index contributed by atoms with van der Waals surface area (Å²) in [6.45, 7) is 2.79. The molecule has 1 aromatic carbocycles. The van der Waals surface area contributed by atoms with Gasteiger partial charge in [-0.3, -0.25) is 0 Å². The zero-order valence-electron chi connectivity index (χ0n) is 8.34. The van der Waals surface area contributed by atoms with Crippen LogP contribution in [-0.2, 0) is 6.54 Å². The van der Waals surface area contributed by atoms with Crippen LogP contribution < -0.4 is 0 Å². The van der Waals surface area contributed by atoms with Crippen molar-refractivity contribution in [3.8, 4) is 0 Å². The van der Waals surface area contributed by atoms with Crippen molar-refractivity contribution in [1.82, 2.24) is 15.0 Å². The molecule has 0 spiro atoms. The molecule has 15 heavy (non-hydrogen) atoms. The summed E-state index contributed by atoms with van der Waals surface area (Å²) in [5, 5.41) is 16.8. The highest BCUT2D eigenvalue weighted by molar-refractivity contribution is 5.92. The molecule has 5 nitrogen and oxygen atoms in total. The fourth-order valence-corrected chi connectivity index (χ4v) is 1.48. The maximum Gasteiger partial charge on any atom is 0.335 e. The van der Waals surface area contributed by atoms with Crippen LogP contribution in [0.5, 0.6) is 0 Å². The minimum Gasteiger partial charge on any atom is -0.478 e. The topological polar surface area (TPSA) is 68.0 Å². The van der Waals surface area contributed by atoms with Gasteiger partial charge < -0.3 is 5.11 Å². The van der Waals surface area contributed by atoms with E-state index in [1.54, 1.807) is 16.8 Å². The molecule has 5 heteroatoms. The molecule has 0 saturated carbocycles. The number of rotatable bonds is 3. The Balaban J connectivity index is 2.56. The SMILES string of the molecule is CCCn1nnc2ccc(C(=O)O)cc21. The number of aromatic carboxylic acids is 1. The quantitative estimate of drug-likeness (QED) is 0.825. The summed E-state index contributed by atoms with van der Waals surface area (Å²) in [7, 11) is 0. The minimum atomic E-state index is -0.929.